The third-order valence-electron chi connectivity index (χ3n) is 5.96. The maximum atomic E-state index is 12.5. The molecule has 1 unspecified atom stereocenters. The molecule has 2 aliphatic heterocycles. The van der Waals surface area contributed by atoms with Crippen LogP contribution in [-0.2, 0) is 6.54 Å². The van der Waals surface area contributed by atoms with Crippen LogP contribution in [0.5, 0.6) is 11.5 Å². The summed E-state index contributed by atoms with van der Waals surface area (Å²) in [5.74, 6) is 2.15. The minimum atomic E-state index is -0.0920. The molecule has 30 heavy (non-hydrogen) atoms. The van der Waals surface area contributed by atoms with E-state index in [4.69, 9.17) is 9.47 Å². The zero-order valence-corrected chi connectivity index (χ0v) is 17.2. The Labute approximate surface area is 175 Å². The first-order valence-electron chi connectivity index (χ1n) is 10.7. The number of piperidine rings is 1. The number of H-pyrrole nitrogens is 1. The second-order valence-electron chi connectivity index (χ2n) is 8.30. The fourth-order valence-corrected chi connectivity index (χ4v) is 4.33. The zero-order chi connectivity index (χ0) is 20.5. The molecule has 2 N–H and O–H groups in total. The van der Waals surface area contributed by atoms with Crippen LogP contribution in [0.2, 0.25) is 0 Å². The van der Waals surface area contributed by atoms with E-state index in [1.54, 1.807) is 0 Å². The normalized spacial score (nSPS) is 18.4. The molecule has 156 valence electrons. The van der Waals surface area contributed by atoms with Crippen molar-refractivity contribution in [2.24, 2.45) is 5.92 Å². The lowest BCUT2D eigenvalue weighted by Crippen LogP contribution is -2.34. The highest BCUT2D eigenvalue weighted by Crippen LogP contribution is 2.33. The van der Waals surface area contributed by atoms with Gasteiger partial charge in [0, 0.05) is 48.0 Å². The minimum absolute atomic E-state index is 0.0920. The van der Waals surface area contributed by atoms with Crippen LogP contribution in [0, 0.1) is 5.92 Å². The number of ether oxygens (including phenoxy) is 2. The van der Waals surface area contributed by atoms with Crippen molar-refractivity contribution in [1.29, 1.82) is 0 Å². The zero-order valence-electron chi connectivity index (χ0n) is 17.2. The van der Waals surface area contributed by atoms with Crippen LogP contribution in [0.4, 0.5) is 11.4 Å². The summed E-state index contributed by atoms with van der Waals surface area (Å²) in [5, 5.41) is 4.31. The summed E-state index contributed by atoms with van der Waals surface area (Å²) in [6, 6.07) is 14.2. The van der Waals surface area contributed by atoms with E-state index in [1.807, 2.05) is 18.2 Å². The van der Waals surface area contributed by atoms with Crippen LogP contribution in [-0.4, -0.2) is 31.3 Å². The Morgan fingerprint density at radius 1 is 1.10 bits per heavy atom. The van der Waals surface area contributed by atoms with Gasteiger partial charge < -0.3 is 24.7 Å². The molecule has 5 rings (SSSR count). The molecule has 0 amide bonds. The summed E-state index contributed by atoms with van der Waals surface area (Å²) in [6.45, 7) is 6.10. The van der Waals surface area contributed by atoms with Gasteiger partial charge in [-0.25, -0.2) is 0 Å². The smallest absolute Gasteiger partial charge is 0.253 e. The fourth-order valence-electron chi connectivity index (χ4n) is 4.33. The number of nitrogens with one attached hydrogen (secondary N) is 2. The Hall–Kier alpha value is -3.15. The van der Waals surface area contributed by atoms with Crippen LogP contribution in [0.3, 0.4) is 0 Å². The lowest BCUT2D eigenvalue weighted by atomic mass is 10.00. The summed E-state index contributed by atoms with van der Waals surface area (Å²) in [4.78, 5) is 18.0. The van der Waals surface area contributed by atoms with Gasteiger partial charge in [-0.1, -0.05) is 6.92 Å². The van der Waals surface area contributed by atoms with Crippen LogP contribution in [0.15, 0.2) is 47.3 Å². The van der Waals surface area contributed by atoms with Crippen LogP contribution in [0.25, 0.3) is 10.9 Å². The number of aromatic amines is 1. The molecule has 0 spiro atoms. The average Bonchev–Trinajstić information content (AvgIpc) is 2.77. The monoisotopic (exact) mass is 405 g/mol. The molecule has 1 fully saturated rings. The Balaban J connectivity index is 1.31. The number of rotatable bonds is 4. The van der Waals surface area contributed by atoms with Gasteiger partial charge >= 0.3 is 0 Å². The average molecular weight is 405 g/mol. The molecule has 6 nitrogen and oxygen atoms in total. The Morgan fingerprint density at radius 3 is 2.63 bits per heavy atom. The topological polar surface area (TPSA) is 66.6 Å². The molecule has 0 radical (unpaired) electrons. The first-order valence-corrected chi connectivity index (χ1v) is 10.7. The molecule has 3 heterocycles. The highest BCUT2D eigenvalue weighted by Gasteiger charge is 2.17. The summed E-state index contributed by atoms with van der Waals surface area (Å²) in [7, 11) is 0. The highest BCUT2D eigenvalue weighted by atomic mass is 16.6. The standard InChI is InChI=1S/C24H27N3O3/c1-16-3-2-8-27(15-16)20-6-4-19(5-7-20)25-14-18-11-17-12-22-23(30-10-9-29-22)13-21(17)26-24(18)28/h4-7,11-13,16,25H,2-3,8-10,14-15H2,1H3,(H,26,28). The van der Waals surface area contributed by atoms with Gasteiger partial charge in [0.05, 0.1) is 5.52 Å². The number of hydrogen-bond acceptors (Lipinski definition) is 5. The lowest BCUT2D eigenvalue weighted by molar-refractivity contribution is 0.172. The summed E-state index contributed by atoms with van der Waals surface area (Å²) in [6.07, 6.45) is 2.57. The Morgan fingerprint density at radius 2 is 1.87 bits per heavy atom. The second kappa shape index (κ2) is 7.94. The number of nitrogens with zero attached hydrogens (tertiary/aromatic N) is 1. The summed E-state index contributed by atoms with van der Waals surface area (Å²) >= 11 is 0. The van der Waals surface area contributed by atoms with Gasteiger partial charge in [-0.3, -0.25) is 4.79 Å². The molecule has 0 saturated carbocycles. The van der Waals surface area contributed by atoms with Crippen molar-refractivity contribution in [3.8, 4) is 11.5 Å². The molecule has 0 aliphatic carbocycles. The number of aromatic nitrogens is 1. The predicted molar refractivity (Wildman–Crippen MR) is 120 cm³/mol. The minimum Gasteiger partial charge on any atom is -0.486 e. The van der Waals surface area contributed by atoms with Crippen molar-refractivity contribution in [3.05, 3.63) is 58.4 Å². The quantitative estimate of drug-likeness (QED) is 0.683. The van der Waals surface area contributed by atoms with E-state index in [0.717, 1.165) is 41.3 Å². The number of pyridine rings is 1. The molecule has 2 aliphatic rings. The molecule has 1 saturated heterocycles. The van der Waals surface area contributed by atoms with Crippen molar-refractivity contribution in [1.82, 2.24) is 4.98 Å². The van der Waals surface area contributed by atoms with Gasteiger partial charge in [0.2, 0.25) is 0 Å². The third kappa shape index (κ3) is 3.82. The van der Waals surface area contributed by atoms with Crippen LogP contribution >= 0.6 is 0 Å². The highest BCUT2D eigenvalue weighted by molar-refractivity contribution is 5.83. The Kier molecular flexibility index (Phi) is 4.99. The number of hydrogen-bond donors (Lipinski definition) is 2. The van der Waals surface area contributed by atoms with Crippen molar-refractivity contribution in [2.45, 2.75) is 26.3 Å². The van der Waals surface area contributed by atoms with E-state index >= 15 is 0 Å². The molecule has 1 aromatic heterocycles. The van der Waals surface area contributed by atoms with Gasteiger partial charge in [0.15, 0.2) is 11.5 Å². The van der Waals surface area contributed by atoms with E-state index in [1.165, 1.54) is 18.5 Å². The Bertz CT molecular complexity index is 1110. The van der Waals surface area contributed by atoms with E-state index in [9.17, 15) is 4.79 Å². The van der Waals surface area contributed by atoms with Gasteiger partial charge in [-0.15, -0.1) is 0 Å². The van der Waals surface area contributed by atoms with E-state index in [2.05, 4.69) is 46.4 Å². The largest absolute Gasteiger partial charge is 0.486 e. The second-order valence-corrected chi connectivity index (χ2v) is 8.30. The third-order valence-corrected chi connectivity index (χ3v) is 5.96. The van der Waals surface area contributed by atoms with Crippen molar-refractivity contribution in [3.63, 3.8) is 0 Å². The summed E-state index contributed by atoms with van der Waals surface area (Å²) in [5.41, 5.74) is 3.62. The first-order chi connectivity index (χ1) is 14.7. The number of anilines is 2. The fraction of sp³-hybridized carbons (Fsp3) is 0.375. The van der Waals surface area contributed by atoms with Crippen molar-refractivity contribution >= 4 is 22.3 Å². The van der Waals surface area contributed by atoms with Gasteiger partial charge in [0.1, 0.15) is 13.2 Å². The van der Waals surface area contributed by atoms with E-state index < -0.39 is 0 Å². The van der Waals surface area contributed by atoms with Crippen molar-refractivity contribution < 1.29 is 9.47 Å². The van der Waals surface area contributed by atoms with Crippen LogP contribution in [0.1, 0.15) is 25.3 Å². The SMILES string of the molecule is CC1CCCN(c2ccc(NCc3cc4cc5c(cc4[nH]c3=O)OCCO5)cc2)C1. The molecule has 3 aromatic rings. The van der Waals surface area contributed by atoms with Gasteiger partial charge in [0.25, 0.3) is 5.56 Å². The molecule has 2 aromatic carbocycles. The number of fused-ring (bicyclic) bond motifs is 2. The molecular weight excluding hydrogens is 378 g/mol. The molecule has 1 atom stereocenters. The first kappa shape index (κ1) is 18.9. The van der Waals surface area contributed by atoms with E-state index in [0.29, 0.717) is 31.1 Å². The lowest BCUT2D eigenvalue weighted by Gasteiger charge is -2.32. The van der Waals surface area contributed by atoms with Gasteiger partial charge in [-0.2, -0.15) is 0 Å². The molecular formula is C24H27N3O3. The van der Waals surface area contributed by atoms with Crippen molar-refractivity contribution in [2.75, 3.05) is 36.5 Å². The van der Waals surface area contributed by atoms with Gasteiger partial charge in [-0.05, 0) is 55.2 Å². The van der Waals surface area contributed by atoms with Crippen LogP contribution < -0.4 is 25.2 Å². The van der Waals surface area contributed by atoms with E-state index in [-0.39, 0.29) is 5.56 Å². The molecule has 0 bridgehead atoms. The maximum absolute atomic E-state index is 12.5. The molecule has 6 heteroatoms. The maximum Gasteiger partial charge on any atom is 0.253 e. The predicted octanol–water partition coefficient (Wildman–Crippen LogP) is 4.15. The number of benzene rings is 2. The summed E-state index contributed by atoms with van der Waals surface area (Å²) < 4.78 is 11.3.